The molecule has 1 saturated heterocycles. The first-order valence-corrected chi connectivity index (χ1v) is 10.4. The third kappa shape index (κ3) is 5.31. The summed E-state index contributed by atoms with van der Waals surface area (Å²) in [6, 6.07) is 4.56. The molecule has 0 saturated carbocycles. The number of ether oxygens (including phenoxy) is 3. The van der Waals surface area contributed by atoms with Gasteiger partial charge in [-0.15, -0.1) is 0 Å². The van der Waals surface area contributed by atoms with E-state index in [0.717, 1.165) is 0 Å². The zero-order chi connectivity index (χ0) is 24.2. The summed E-state index contributed by atoms with van der Waals surface area (Å²) in [4.78, 5) is 38.4. The van der Waals surface area contributed by atoms with Gasteiger partial charge < -0.3 is 29.6 Å². The lowest BCUT2D eigenvalue weighted by molar-refractivity contribution is -0.389. The van der Waals surface area contributed by atoms with E-state index in [9.17, 15) is 24.1 Å². The Balaban J connectivity index is 1.29. The molecule has 1 aromatic heterocycles. The Morgan fingerprint density at radius 1 is 1.44 bits per heavy atom. The molecule has 0 spiro atoms. The predicted octanol–water partition coefficient (Wildman–Crippen LogP) is 1.88. The molecule has 0 bridgehead atoms. The summed E-state index contributed by atoms with van der Waals surface area (Å²) in [6.45, 7) is 2.47. The fraction of sp³-hybridized carbons (Fsp3) is 0.381. The van der Waals surface area contributed by atoms with Crippen molar-refractivity contribution in [2.45, 2.75) is 25.7 Å². The summed E-state index contributed by atoms with van der Waals surface area (Å²) in [6.07, 6.45) is 3.02. The molecule has 1 aromatic carbocycles. The van der Waals surface area contributed by atoms with Gasteiger partial charge in [-0.25, -0.2) is 9.18 Å². The molecule has 34 heavy (non-hydrogen) atoms. The first-order chi connectivity index (χ1) is 16.3. The van der Waals surface area contributed by atoms with E-state index < -0.39 is 22.9 Å². The predicted molar refractivity (Wildman–Crippen MR) is 116 cm³/mol. The molecule has 0 radical (unpaired) electrons. The average molecular weight is 475 g/mol. The van der Waals surface area contributed by atoms with Crippen LogP contribution in [0.5, 0.6) is 6.01 Å². The van der Waals surface area contributed by atoms with Gasteiger partial charge in [0.1, 0.15) is 30.8 Å². The summed E-state index contributed by atoms with van der Waals surface area (Å²) in [7, 11) is 0. The first kappa shape index (κ1) is 23.2. The number of hydrogen-bond acceptors (Lipinski definition) is 8. The minimum atomic E-state index is -0.604. The minimum Gasteiger partial charge on any atom is -0.443 e. The Morgan fingerprint density at radius 3 is 3.00 bits per heavy atom. The lowest BCUT2D eigenvalue weighted by Crippen LogP contribution is -2.33. The number of aromatic nitrogens is 2. The average Bonchev–Trinajstić information content (AvgIpc) is 3.39. The van der Waals surface area contributed by atoms with Crippen molar-refractivity contribution in [1.82, 2.24) is 14.9 Å². The van der Waals surface area contributed by atoms with Crippen LogP contribution in [0.25, 0.3) is 6.08 Å². The van der Waals surface area contributed by atoms with Crippen LogP contribution in [0.15, 0.2) is 30.5 Å². The van der Waals surface area contributed by atoms with Crippen LogP contribution in [0.1, 0.15) is 12.5 Å². The molecule has 2 aliphatic rings. The highest BCUT2D eigenvalue weighted by atomic mass is 19.1. The summed E-state index contributed by atoms with van der Waals surface area (Å²) < 4.78 is 32.4. The number of rotatable bonds is 8. The van der Waals surface area contributed by atoms with Crippen molar-refractivity contribution >= 4 is 29.6 Å². The van der Waals surface area contributed by atoms with E-state index in [1.165, 1.54) is 34.7 Å². The number of carbonyl (C=O) groups is 2. The van der Waals surface area contributed by atoms with Crippen molar-refractivity contribution in [2.24, 2.45) is 0 Å². The lowest BCUT2D eigenvalue weighted by atomic mass is 10.1. The number of nitro groups is 1. The van der Waals surface area contributed by atoms with Gasteiger partial charge in [-0.3, -0.25) is 14.3 Å². The van der Waals surface area contributed by atoms with Gasteiger partial charge in [-0.2, -0.15) is 0 Å². The van der Waals surface area contributed by atoms with Crippen LogP contribution >= 0.6 is 0 Å². The third-order valence-electron chi connectivity index (χ3n) is 5.19. The fourth-order valence-electron chi connectivity index (χ4n) is 3.54. The first-order valence-electron chi connectivity index (χ1n) is 10.4. The molecule has 1 N–H and O–H groups in total. The van der Waals surface area contributed by atoms with E-state index in [4.69, 9.17) is 14.2 Å². The van der Waals surface area contributed by atoms with Crippen LogP contribution in [-0.4, -0.2) is 65.0 Å². The van der Waals surface area contributed by atoms with Crippen LogP contribution in [0.2, 0.25) is 0 Å². The van der Waals surface area contributed by atoms with E-state index in [0.29, 0.717) is 17.8 Å². The van der Waals surface area contributed by atoms with Crippen molar-refractivity contribution in [1.29, 1.82) is 0 Å². The van der Waals surface area contributed by atoms with E-state index in [1.807, 2.05) is 0 Å². The maximum atomic E-state index is 14.6. The van der Waals surface area contributed by atoms with Crippen LogP contribution < -0.4 is 15.0 Å². The van der Waals surface area contributed by atoms with E-state index in [-0.39, 0.29) is 50.1 Å². The van der Waals surface area contributed by atoms with Crippen molar-refractivity contribution in [2.75, 3.05) is 31.2 Å². The molecular weight excluding hydrogens is 453 g/mol. The second-order valence-electron chi connectivity index (χ2n) is 7.72. The Kier molecular flexibility index (Phi) is 6.72. The molecule has 4 rings (SSSR count). The summed E-state index contributed by atoms with van der Waals surface area (Å²) >= 11 is 0. The Morgan fingerprint density at radius 2 is 2.26 bits per heavy atom. The van der Waals surface area contributed by atoms with Crippen molar-refractivity contribution in [3.63, 3.8) is 0 Å². The largest absolute Gasteiger partial charge is 0.443 e. The summed E-state index contributed by atoms with van der Waals surface area (Å²) in [5.74, 6) is -1.05. The highest BCUT2D eigenvalue weighted by Gasteiger charge is 2.32. The molecular formula is C21H22FN5O7. The van der Waals surface area contributed by atoms with Crippen molar-refractivity contribution in [3.8, 4) is 6.01 Å². The van der Waals surface area contributed by atoms with Crippen molar-refractivity contribution in [3.05, 3.63) is 52.0 Å². The van der Waals surface area contributed by atoms with E-state index in [1.54, 1.807) is 18.2 Å². The van der Waals surface area contributed by atoms with Gasteiger partial charge in [0.25, 0.3) is 0 Å². The Bertz CT molecular complexity index is 1130. The number of halogens is 1. The van der Waals surface area contributed by atoms with Crippen LogP contribution in [0.4, 0.5) is 20.7 Å². The van der Waals surface area contributed by atoms with Gasteiger partial charge >= 0.3 is 17.9 Å². The highest BCUT2D eigenvalue weighted by molar-refractivity contribution is 5.90. The second-order valence-corrected chi connectivity index (χ2v) is 7.72. The molecule has 12 nitrogen and oxygen atoms in total. The number of benzene rings is 1. The number of anilines is 1. The van der Waals surface area contributed by atoms with Gasteiger partial charge in [-0.05, 0) is 23.1 Å². The molecule has 1 fully saturated rings. The lowest BCUT2D eigenvalue weighted by Gasteiger charge is -2.21. The monoisotopic (exact) mass is 475 g/mol. The van der Waals surface area contributed by atoms with E-state index >= 15 is 0 Å². The molecule has 2 aliphatic heterocycles. The molecule has 0 unspecified atom stereocenters. The molecule has 2 amide bonds. The Labute approximate surface area is 193 Å². The van der Waals surface area contributed by atoms with Crippen LogP contribution in [0, 0.1) is 15.9 Å². The topological polar surface area (TPSA) is 138 Å². The van der Waals surface area contributed by atoms with Crippen LogP contribution in [0.3, 0.4) is 0 Å². The highest BCUT2D eigenvalue weighted by Crippen LogP contribution is 2.25. The summed E-state index contributed by atoms with van der Waals surface area (Å²) in [5.41, 5.74) is 0.660. The number of nitrogens with one attached hydrogen (secondary N) is 1. The Hall–Kier alpha value is -4.00. The molecule has 2 aromatic rings. The number of hydrogen-bond donors (Lipinski definition) is 1. The van der Waals surface area contributed by atoms with E-state index in [2.05, 4.69) is 10.3 Å². The molecule has 0 aliphatic carbocycles. The van der Waals surface area contributed by atoms with Gasteiger partial charge in [-0.1, -0.05) is 12.2 Å². The zero-order valence-electron chi connectivity index (χ0n) is 18.2. The zero-order valence-corrected chi connectivity index (χ0v) is 18.2. The quantitative estimate of drug-likeness (QED) is 0.451. The number of amides is 2. The number of cyclic esters (lactones) is 1. The van der Waals surface area contributed by atoms with Gasteiger partial charge in [0.05, 0.1) is 31.9 Å². The van der Waals surface area contributed by atoms with Crippen LogP contribution in [-0.2, 0) is 20.8 Å². The number of nitrogens with zero attached hydrogens (tertiary/aromatic N) is 4. The van der Waals surface area contributed by atoms with Crippen molar-refractivity contribution < 1.29 is 33.1 Å². The maximum absolute atomic E-state index is 14.6. The maximum Gasteiger partial charge on any atom is 0.414 e. The molecule has 3 heterocycles. The second kappa shape index (κ2) is 9.87. The number of carbonyl (C=O) groups excluding carboxylic acids is 2. The fourth-order valence-corrected chi connectivity index (χ4v) is 3.54. The normalized spacial score (nSPS) is 19.6. The standard InChI is InChI=1S/C21H22FN5O7/c1-13(28)23-8-16-10-26(21(29)34-16)15-5-4-14(18(22)7-15)3-2-6-32-17-9-25-11-19(27(30)31)24-20(25)33-12-17/h2-5,7,11,16-17H,6,8-10,12H2,1H3,(H,23,28)/b3-2-/t16-,17-/m0/s1. The number of imidazole rings is 1. The smallest absolute Gasteiger partial charge is 0.414 e. The van der Waals surface area contributed by atoms with Gasteiger partial charge in [0, 0.05) is 17.5 Å². The van der Waals surface area contributed by atoms with Gasteiger partial charge in [0.15, 0.2) is 0 Å². The molecule has 2 atom stereocenters. The van der Waals surface area contributed by atoms with Gasteiger partial charge in [0.2, 0.25) is 5.91 Å². The minimum absolute atomic E-state index is 0.171. The molecule has 180 valence electrons. The summed E-state index contributed by atoms with van der Waals surface area (Å²) in [5, 5.41) is 13.4. The number of fused-ring (bicyclic) bond motifs is 1. The third-order valence-corrected chi connectivity index (χ3v) is 5.19. The SMILES string of the molecule is CC(=O)NC[C@H]1CN(c2ccc(/C=C\CO[C@@H]3COc4nc([N+](=O)[O-])cn4C3)c(F)c2)C(=O)O1. The molecule has 13 heteroatoms.